The molecule has 1 amide bonds. The van der Waals surface area contributed by atoms with Crippen molar-refractivity contribution in [3.05, 3.63) is 35.6 Å². The van der Waals surface area contributed by atoms with Crippen LogP contribution in [-0.4, -0.2) is 23.0 Å². The number of carbonyl (C=O) groups is 2. The molecule has 18 heavy (non-hydrogen) atoms. The predicted octanol–water partition coefficient (Wildman–Crippen LogP) is 0.634. The molecule has 0 heterocycles. The van der Waals surface area contributed by atoms with E-state index in [-0.39, 0.29) is 25.2 Å². The number of nitrogens with two attached hydrogens (primary N) is 1. The smallest absolute Gasteiger partial charge is 0.303 e. The Morgan fingerprint density at radius 1 is 1.44 bits per heavy atom. The Hall–Kier alpha value is -1.95. The molecule has 5 nitrogen and oxygen atoms in total. The Labute approximate surface area is 104 Å². The normalized spacial score (nSPS) is 12.1. The number of hydrogen-bond acceptors (Lipinski definition) is 3. The lowest BCUT2D eigenvalue weighted by Crippen LogP contribution is -2.41. The highest BCUT2D eigenvalue weighted by atomic mass is 19.1. The first-order chi connectivity index (χ1) is 8.49. The van der Waals surface area contributed by atoms with Crippen LogP contribution in [0.25, 0.3) is 0 Å². The number of carboxylic acids is 1. The van der Waals surface area contributed by atoms with Crippen LogP contribution in [0.1, 0.15) is 18.4 Å². The van der Waals surface area contributed by atoms with Crippen molar-refractivity contribution in [2.75, 3.05) is 0 Å². The maximum absolute atomic E-state index is 12.9. The number of rotatable bonds is 7. The summed E-state index contributed by atoms with van der Waals surface area (Å²) in [5.74, 6) is -1.98. The average Bonchev–Trinajstić information content (AvgIpc) is 2.28. The van der Waals surface area contributed by atoms with Gasteiger partial charge in [0.1, 0.15) is 5.82 Å². The van der Waals surface area contributed by atoms with Gasteiger partial charge in [-0.3, -0.25) is 9.59 Å². The third-order valence-electron chi connectivity index (χ3n) is 2.43. The second-order valence-corrected chi connectivity index (χ2v) is 3.90. The lowest BCUT2D eigenvalue weighted by molar-refractivity contribution is -0.137. The fraction of sp³-hybridized carbons (Fsp3) is 0.333. The van der Waals surface area contributed by atoms with Crippen LogP contribution >= 0.6 is 0 Å². The van der Waals surface area contributed by atoms with E-state index in [0.717, 1.165) is 0 Å². The lowest BCUT2D eigenvalue weighted by Gasteiger charge is -2.14. The van der Waals surface area contributed by atoms with Gasteiger partial charge in [0, 0.05) is 13.0 Å². The van der Waals surface area contributed by atoms with Crippen molar-refractivity contribution in [3.63, 3.8) is 0 Å². The molecule has 4 N–H and O–H groups in total. The fourth-order valence-electron chi connectivity index (χ4n) is 1.50. The Morgan fingerprint density at radius 3 is 2.72 bits per heavy atom. The first-order valence-electron chi connectivity index (χ1n) is 5.48. The summed E-state index contributed by atoms with van der Waals surface area (Å²) in [6.45, 7) is 0.255. The minimum Gasteiger partial charge on any atom is -0.481 e. The van der Waals surface area contributed by atoms with Gasteiger partial charge in [-0.25, -0.2) is 4.39 Å². The molecule has 1 aromatic carbocycles. The maximum Gasteiger partial charge on any atom is 0.303 e. The standard InChI is InChI=1S/C12H15FN2O3/c13-9-3-1-2-8(6-9)7-15-10(12(14)18)4-5-11(16)17/h1-3,6,10,15H,4-5,7H2,(H2,14,18)(H,16,17)/t10-/m0/s1. The molecule has 0 unspecified atom stereocenters. The van der Waals surface area contributed by atoms with Crippen LogP contribution in [0.3, 0.4) is 0 Å². The molecule has 98 valence electrons. The van der Waals surface area contributed by atoms with Crippen LogP contribution in [0.4, 0.5) is 4.39 Å². The zero-order valence-electron chi connectivity index (χ0n) is 9.73. The van der Waals surface area contributed by atoms with Gasteiger partial charge in [0.05, 0.1) is 6.04 Å². The molecule has 0 aliphatic carbocycles. The van der Waals surface area contributed by atoms with Crippen LogP contribution in [0, 0.1) is 5.82 Å². The highest BCUT2D eigenvalue weighted by Gasteiger charge is 2.15. The molecule has 1 atom stereocenters. The number of primary amides is 1. The van der Waals surface area contributed by atoms with Gasteiger partial charge in [-0.05, 0) is 24.1 Å². The maximum atomic E-state index is 12.9. The van der Waals surface area contributed by atoms with Crippen molar-refractivity contribution in [2.24, 2.45) is 5.73 Å². The van der Waals surface area contributed by atoms with Gasteiger partial charge in [-0.15, -0.1) is 0 Å². The van der Waals surface area contributed by atoms with Crippen molar-refractivity contribution in [2.45, 2.75) is 25.4 Å². The molecule has 0 aromatic heterocycles. The second-order valence-electron chi connectivity index (χ2n) is 3.90. The third kappa shape index (κ3) is 4.92. The summed E-state index contributed by atoms with van der Waals surface area (Å²) in [7, 11) is 0. The summed E-state index contributed by atoms with van der Waals surface area (Å²) in [5.41, 5.74) is 5.81. The molecule has 0 aliphatic heterocycles. The summed E-state index contributed by atoms with van der Waals surface area (Å²) >= 11 is 0. The van der Waals surface area contributed by atoms with Gasteiger partial charge in [-0.2, -0.15) is 0 Å². The van der Waals surface area contributed by atoms with E-state index in [9.17, 15) is 14.0 Å². The van der Waals surface area contributed by atoms with E-state index in [0.29, 0.717) is 5.56 Å². The Bertz CT molecular complexity index is 437. The number of hydrogen-bond donors (Lipinski definition) is 3. The largest absolute Gasteiger partial charge is 0.481 e. The van der Waals surface area contributed by atoms with Crippen LogP contribution in [-0.2, 0) is 16.1 Å². The Kier molecular flexibility index (Phi) is 5.26. The minimum atomic E-state index is -0.992. The molecule has 0 spiro atoms. The number of benzene rings is 1. The fourth-order valence-corrected chi connectivity index (χ4v) is 1.50. The van der Waals surface area contributed by atoms with E-state index in [1.54, 1.807) is 12.1 Å². The Morgan fingerprint density at radius 2 is 2.17 bits per heavy atom. The molecule has 1 rings (SSSR count). The van der Waals surface area contributed by atoms with Crippen molar-refractivity contribution < 1.29 is 19.1 Å². The lowest BCUT2D eigenvalue weighted by atomic mass is 10.1. The van der Waals surface area contributed by atoms with E-state index in [1.165, 1.54) is 12.1 Å². The van der Waals surface area contributed by atoms with Gasteiger partial charge in [-0.1, -0.05) is 12.1 Å². The quantitative estimate of drug-likeness (QED) is 0.665. The van der Waals surface area contributed by atoms with Gasteiger partial charge in [0.2, 0.25) is 5.91 Å². The van der Waals surface area contributed by atoms with Gasteiger partial charge in [0.15, 0.2) is 0 Å². The van der Waals surface area contributed by atoms with E-state index in [1.807, 2.05) is 0 Å². The highest BCUT2D eigenvalue weighted by molar-refractivity contribution is 5.80. The van der Waals surface area contributed by atoms with Crippen LogP contribution in [0.5, 0.6) is 0 Å². The van der Waals surface area contributed by atoms with E-state index < -0.39 is 17.9 Å². The molecular weight excluding hydrogens is 239 g/mol. The van der Waals surface area contributed by atoms with E-state index in [4.69, 9.17) is 10.8 Å². The molecule has 0 saturated carbocycles. The van der Waals surface area contributed by atoms with Crippen LogP contribution < -0.4 is 11.1 Å². The molecule has 6 heteroatoms. The number of carbonyl (C=O) groups excluding carboxylic acids is 1. The topological polar surface area (TPSA) is 92.4 Å². The molecule has 0 aliphatic rings. The number of carboxylic acid groups (broad SMARTS) is 1. The van der Waals surface area contributed by atoms with Crippen molar-refractivity contribution in [1.29, 1.82) is 0 Å². The molecule has 0 fully saturated rings. The zero-order valence-corrected chi connectivity index (χ0v) is 9.73. The predicted molar refractivity (Wildman–Crippen MR) is 63.1 cm³/mol. The SMILES string of the molecule is NC(=O)[C@H](CCC(=O)O)NCc1cccc(F)c1. The number of halogens is 1. The summed E-state index contributed by atoms with van der Waals surface area (Å²) in [6, 6.07) is 5.18. The van der Waals surface area contributed by atoms with E-state index in [2.05, 4.69) is 5.32 Å². The van der Waals surface area contributed by atoms with Crippen molar-refractivity contribution in [1.82, 2.24) is 5.32 Å². The van der Waals surface area contributed by atoms with Gasteiger partial charge >= 0.3 is 5.97 Å². The van der Waals surface area contributed by atoms with Crippen molar-refractivity contribution in [3.8, 4) is 0 Å². The summed E-state index contributed by atoms with van der Waals surface area (Å²) in [4.78, 5) is 21.5. The highest BCUT2D eigenvalue weighted by Crippen LogP contribution is 2.05. The van der Waals surface area contributed by atoms with Crippen LogP contribution in [0.15, 0.2) is 24.3 Å². The number of nitrogens with one attached hydrogen (secondary N) is 1. The number of amides is 1. The summed E-state index contributed by atoms with van der Waals surface area (Å²) in [6.07, 6.45) is -0.0380. The minimum absolute atomic E-state index is 0.111. The first-order valence-corrected chi connectivity index (χ1v) is 5.48. The summed E-state index contributed by atoms with van der Waals surface area (Å²) in [5, 5.41) is 11.3. The van der Waals surface area contributed by atoms with Gasteiger partial charge < -0.3 is 16.2 Å². The summed E-state index contributed by atoms with van der Waals surface area (Å²) < 4.78 is 12.9. The molecule has 0 bridgehead atoms. The zero-order chi connectivity index (χ0) is 13.5. The molecular formula is C12H15FN2O3. The average molecular weight is 254 g/mol. The Balaban J connectivity index is 2.51. The third-order valence-corrected chi connectivity index (χ3v) is 2.43. The monoisotopic (exact) mass is 254 g/mol. The molecule has 0 radical (unpaired) electrons. The van der Waals surface area contributed by atoms with Gasteiger partial charge in [0.25, 0.3) is 0 Å². The van der Waals surface area contributed by atoms with Crippen LogP contribution in [0.2, 0.25) is 0 Å². The first kappa shape index (κ1) is 14.1. The number of aliphatic carboxylic acids is 1. The molecule has 0 saturated heterocycles. The van der Waals surface area contributed by atoms with Crippen molar-refractivity contribution >= 4 is 11.9 Å². The molecule has 1 aromatic rings. The van der Waals surface area contributed by atoms with E-state index >= 15 is 0 Å². The second kappa shape index (κ2) is 6.70.